The second-order valence-corrected chi connectivity index (χ2v) is 3.60. The molecule has 0 aliphatic carbocycles. The molecule has 1 heterocycles. The molecule has 1 aromatic heterocycles. The summed E-state index contributed by atoms with van der Waals surface area (Å²) in [5.41, 5.74) is -0.0866. The second kappa shape index (κ2) is 3.83. The Balaban J connectivity index is 2.52. The van der Waals surface area contributed by atoms with Crippen molar-refractivity contribution in [1.82, 2.24) is 4.98 Å². The Bertz CT molecular complexity index is 576. The molecule has 1 aromatic carbocycles. The largest absolute Gasteiger partial charge is 0.509 e. The number of rotatable bonds is 2. The smallest absolute Gasteiger partial charge is 0.464 e. The van der Waals surface area contributed by atoms with Crippen LogP contribution in [-0.4, -0.2) is 25.0 Å². The number of ether oxygens (including phenoxy) is 1. The summed E-state index contributed by atoms with van der Waals surface area (Å²) in [4.78, 5) is 13.9. The van der Waals surface area contributed by atoms with Crippen LogP contribution in [0.3, 0.4) is 0 Å². The predicted molar refractivity (Wildman–Crippen MR) is 58.4 cm³/mol. The fraction of sp³-hybridized carbons (Fsp3) is 0.100. The number of esters is 1. The van der Waals surface area contributed by atoms with E-state index in [0.717, 1.165) is 12.1 Å². The molecule has 0 atom stereocenters. The van der Waals surface area contributed by atoms with E-state index < -0.39 is 18.4 Å². The molecular weight excluding hydrogens is 234 g/mol. The van der Waals surface area contributed by atoms with E-state index in [1.54, 1.807) is 0 Å². The third kappa shape index (κ3) is 2.13. The van der Waals surface area contributed by atoms with Crippen molar-refractivity contribution in [2.75, 3.05) is 7.11 Å². The van der Waals surface area contributed by atoms with Gasteiger partial charge in [0.15, 0.2) is 0 Å². The van der Waals surface area contributed by atoms with E-state index in [4.69, 9.17) is 0 Å². The minimum absolute atomic E-state index is 0.134. The van der Waals surface area contributed by atoms with Crippen molar-refractivity contribution in [1.29, 1.82) is 0 Å². The van der Waals surface area contributed by atoms with Crippen molar-refractivity contribution < 1.29 is 22.5 Å². The number of carbonyl (C=O) groups is 1. The molecule has 0 saturated carbocycles. The normalized spacial score (nSPS) is 11.8. The van der Waals surface area contributed by atoms with Gasteiger partial charge in [0.25, 0.3) is 0 Å². The van der Waals surface area contributed by atoms with E-state index in [1.165, 1.54) is 19.2 Å². The van der Waals surface area contributed by atoms with E-state index in [-0.39, 0.29) is 5.69 Å². The van der Waals surface area contributed by atoms with Crippen LogP contribution in [0.1, 0.15) is 10.5 Å². The molecule has 3 nitrogen and oxygen atoms in total. The molecule has 0 spiro atoms. The van der Waals surface area contributed by atoms with E-state index in [0.29, 0.717) is 10.9 Å². The number of fused-ring (bicyclic) bond motifs is 1. The van der Waals surface area contributed by atoms with Gasteiger partial charge >= 0.3 is 12.9 Å². The number of hydrogen-bond donors (Lipinski definition) is 1. The SMILES string of the molecule is COC(=O)c1cc2cc([B-](F)(F)F)ccc2[nH]1. The Morgan fingerprint density at radius 2 is 2.00 bits per heavy atom. The average molecular weight is 242 g/mol. The van der Waals surface area contributed by atoms with Gasteiger partial charge in [-0.25, -0.2) is 4.79 Å². The van der Waals surface area contributed by atoms with Gasteiger partial charge in [-0.2, -0.15) is 0 Å². The summed E-state index contributed by atoms with van der Waals surface area (Å²) >= 11 is 0. The van der Waals surface area contributed by atoms with E-state index in [9.17, 15) is 17.7 Å². The summed E-state index contributed by atoms with van der Waals surface area (Å²) < 4.78 is 42.0. The number of aromatic nitrogens is 1. The maximum absolute atomic E-state index is 12.5. The van der Waals surface area contributed by atoms with E-state index >= 15 is 0 Å². The molecule has 1 N–H and O–H groups in total. The Morgan fingerprint density at radius 3 is 2.59 bits per heavy atom. The lowest BCUT2D eigenvalue weighted by atomic mass is 9.80. The van der Waals surface area contributed by atoms with Crippen LogP contribution in [0.25, 0.3) is 10.9 Å². The van der Waals surface area contributed by atoms with Crippen LogP contribution >= 0.6 is 0 Å². The third-order valence-electron chi connectivity index (χ3n) is 2.43. The highest BCUT2D eigenvalue weighted by molar-refractivity contribution is 6.73. The Kier molecular flexibility index (Phi) is 2.61. The molecule has 0 aliphatic rings. The van der Waals surface area contributed by atoms with Crippen molar-refractivity contribution in [3.63, 3.8) is 0 Å². The minimum Gasteiger partial charge on any atom is -0.464 e. The van der Waals surface area contributed by atoms with E-state index in [2.05, 4.69) is 9.72 Å². The van der Waals surface area contributed by atoms with Gasteiger partial charge < -0.3 is 22.7 Å². The van der Waals surface area contributed by atoms with E-state index in [1.807, 2.05) is 0 Å². The van der Waals surface area contributed by atoms with Crippen LogP contribution in [0.2, 0.25) is 0 Å². The lowest BCUT2D eigenvalue weighted by Gasteiger charge is -2.14. The number of aromatic amines is 1. The predicted octanol–water partition coefficient (Wildman–Crippen LogP) is 2.01. The zero-order valence-electron chi connectivity index (χ0n) is 8.84. The number of hydrogen-bond acceptors (Lipinski definition) is 2. The standard InChI is InChI=1S/C10H8BF3NO2/c1-17-10(16)9-5-6-4-7(11(12,13)14)2-3-8(6)15-9/h2-5,15H,1H3/q-1. The molecular formula is C10H8BF3NO2-. The first kappa shape index (κ1) is 11.6. The summed E-state index contributed by atoms with van der Waals surface area (Å²) in [6, 6.07) is 4.64. The Labute approximate surface area is 94.6 Å². The number of H-pyrrole nitrogens is 1. The zero-order chi connectivity index (χ0) is 12.6. The second-order valence-electron chi connectivity index (χ2n) is 3.60. The van der Waals surface area contributed by atoms with Crippen molar-refractivity contribution in [2.24, 2.45) is 0 Å². The highest BCUT2D eigenvalue weighted by atomic mass is 19.4. The summed E-state index contributed by atoms with van der Waals surface area (Å²) in [5, 5.41) is 0.335. The van der Waals surface area contributed by atoms with Gasteiger partial charge in [0.2, 0.25) is 0 Å². The summed E-state index contributed by atoms with van der Waals surface area (Å²) in [6.45, 7) is -5.03. The van der Waals surface area contributed by atoms with Crippen LogP contribution in [0.4, 0.5) is 12.9 Å². The molecule has 2 rings (SSSR count). The first-order chi connectivity index (χ1) is 7.91. The average Bonchev–Trinajstić information content (AvgIpc) is 2.69. The zero-order valence-corrected chi connectivity index (χ0v) is 8.84. The summed E-state index contributed by atoms with van der Waals surface area (Å²) in [5.74, 6) is -0.611. The molecule has 0 aliphatic heterocycles. The maximum Gasteiger partial charge on any atom is 0.509 e. The topological polar surface area (TPSA) is 42.1 Å². The molecule has 0 saturated heterocycles. The Morgan fingerprint density at radius 1 is 1.29 bits per heavy atom. The molecule has 0 amide bonds. The lowest BCUT2D eigenvalue weighted by molar-refractivity contribution is 0.0595. The quantitative estimate of drug-likeness (QED) is 0.646. The number of halogens is 3. The van der Waals surface area contributed by atoms with Gasteiger partial charge in [0, 0.05) is 5.52 Å². The molecule has 17 heavy (non-hydrogen) atoms. The van der Waals surface area contributed by atoms with Crippen LogP contribution in [0, 0.1) is 0 Å². The van der Waals surface area contributed by atoms with Gasteiger partial charge in [-0.15, -0.1) is 5.46 Å². The number of benzene rings is 1. The fourth-order valence-corrected chi connectivity index (χ4v) is 1.57. The third-order valence-corrected chi connectivity index (χ3v) is 2.43. The van der Waals surface area contributed by atoms with Gasteiger partial charge in [-0.05, 0) is 17.5 Å². The molecule has 0 unspecified atom stereocenters. The lowest BCUT2D eigenvalue weighted by Crippen LogP contribution is -2.33. The minimum atomic E-state index is -5.03. The van der Waals surface area contributed by atoms with Crippen LogP contribution < -0.4 is 5.46 Å². The van der Waals surface area contributed by atoms with Crippen molar-refractivity contribution >= 4 is 29.3 Å². The van der Waals surface area contributed by atoms with Crippen LogP contribution in [-0.2, 0) is 4.74 Å². The van der Waals surface area contributed by atoms with Crippen molar-refractivity contribution in [3.05, 3.63) is 30.0 Å². The molecule has 0 fully saturated rings. The molecule has 7 heteroatoms. The Hall–Kier alpha value is -1.92. The molecule has 2 aromatic rings. The first-order valence-electron chi connectivity index (χ1n) is 4.83. The van der Waals surface area contributed by atoms with Crippen molar-refractivity contribution in [3.8, 4) is 0 Å². The fourth-order valence-electron chi connectivity index (χ4n) is 1.57. The molecule has 0 radical (unpaired) electrons. The highest BCUT2D eigenvalue weighted by Gasteiger charge is 2.25. The summed E-state index contributed by atoms with van der Waals surface area (Å²) in [7, 11) is 1.21. The maximum atomic E-state index is 12.5. The van der Waals surface area contributed by atoms with Gasteiger partial charge in [0.05, 0.1) is 7.11 Å². The van der Waals surface area contributed by atoms with Gasteiger partial charge in [0.1, 0.15) is 5.69 Å². The first-order valence-corrected chi connectivity index (χ1v) is 4.83. The van der Waals surface area contributed by atoms with Crippen LogP contribution in [0.5, 0.6) is 0 Å². The number of methoxy groups -OCH3 is 1. The highest BCUT2D eigenvalue weighted by Crippen LogP contribution is 2.17. The van der Waals surface area contributed by atoms with Crippen LogP contribution in [0.15, 0.2) is 24.3 Å². The van der Waals surface area contributed by atoms with Gasteiger partial charge in [-0.1, -0.05) is 12.1 Å². The number of nitrogens with one attached hydrogen (secondary N) is 1. The van der Waals surface area contributed by atoms with Gasteiger partial charge in [-0.3, -0.25) is 0 Å². The van der Waals surface area contributed by atoms with Crippen molar-refractivity contribution in [2.45, 2.75) is 0 Å². The summed E-state index contributed by atoms with van der Waals surface area (Å²) in [6.07, 6.45) is 0. The molecule has 0 bridgehead atoms. The monoisotopic (exact) mass is 242 g/mol. The number of carbonyl (C=O) groups excluding carboxylic acids is 1. The molecule has 90 valence electrons.